The van der Waals surface area contributed by atoms with Gasteiger partial charge in [0, 0.05) is 14.1 Å². The molecule has 2 heterocycles. The molecule has 10 heteroatoms. The molecule has 0 aliphatic carbocycles. The summed E-state index contributed by atoms with van der Waals surface area (Å²) in [4.78, 5) is 25.1. The molecule has 2 aromatic rings. The van der Waals surface area contributed by atoms with Crippen molar-refractivity contribution >= 4 is 11.8 Å². The number of rotatable bonds is 6. The zero-order valence-electron chi connectivity index (χ0n) is 15.1. The largest absolute Gasteiger partial charge is 1.00 e. The molecule has 0 atom stereocenters. The van der Waals surface area contributed by atoms with Gasteiger partial charge in [-0.3, -0.25) is 0 Å². The quantitative estimate of drug-likeness (QED) is 0.620. The van der Waals surface area contributed by atoms with Gasteiger partial charge in [-0.25, -0.2) is 9.78 Å². The molecular formula is C14H17KN4O5. The van der Waals surface area contributed by atoms with E-state index < -0.39 is 5.97 Å². The van der Waals surface area contributed by atoms with Gasteiger partial charge in [-0.15, -0.1) is 0 Å². The molecular weight excluding hydrogens is 343 g/mol. The number of ether oxygens (including phenoxy) is 3. The molecule has 0 aromatic carbocycles. The van der Waals surface area contributed by atoms with E-state index in [2.05, 4.69) is 15.0 Å². The van der Waals surface area contributed by atoms with Gasteiger partial charge in [-0.05, 0) is 12.1 Å². The molecule has 2 rings (SSSR count). The number of aromatic nitrogens is 3. The first-order valence-electron chi connectivity index (χ1n) is 6.51. The van der Waals surface area contributed by atoms with E-state index in [4.69, 9.17) is 14.2 Å². The number of pyridine rings is 1. The van der Waals surface area contributed by atoms with Crippen LogP contribution in [0.5, 0.6) is 23.5 Å². The van der Waals surface area contributed by atoms with E-state index in [0.717, 1.165) is 0 Å². The molecule has 0 aliphatic rings. The van der Waals surface area contributed by atoms with E-state index in [9.17, 15) is 9.90 Å². The van der Waals surface area contributed by atoms with Crippen molar-refractivity contribution in [3.8, 4) is 23.5 Å². The van der Waals surface area contributed by atoms with Gasteiger partial charge in [0.1, 0.15) is 5.82 Å². The van der Waals surface area contributed by atoms with E-state index in [-0.39, 0.29) is 82.0 Å². The van der Waals surface area contributed by atoms with Gasteiger partial charge in [-0.1, -0.05) is 0 Å². The second-order valence-corrected chi connectivity index (χ2v) is 4.55. The van der Waals surface area contributed by atoms with Crippen molar-refractivity contribution in [1.82, 2.24) is 15.0 Å². The Morgan fingerprint density at radius 2 is 1.71 bits per heavy atom. The van der Waals surface area contributed by atoms with Crippen LogP contribution in [0.15, 0.2) is 18.2 Å². The number of hydrogen-bond donors (Lipinski definition) is 1. The number of aromatic carboxylic acids is 1. The van der Waals surface area contributed by atoms with Crippen LogP contribution in [0.3, 0.4) is 0 Å². The minimum absolute atomic E-state index is 0. The molecule has 0 bridgehead atoms. The first-order valence-corrected chi connectivity index (χ1v) is 6.51. The number of carboxylic acid groups (broad SMARTS) is 1. The van der Waals surface area contributed by atoms with Crippen molar-refractivity contribution in [1.29, 1.82) is 0 Å². The van der Waals surface area contributed by atoms with Gasteiger partial charge < -0.3 is 25.6 Å². The number of nitrogens with zero attached hydrogens (tertiary/aromatic N) is 4. The van der Waals surface area contributed by atoms with Crippen molar-refractivity contribution in [2.45, 2.75) is 0 Å². The van der Waals surface area contributed by atoms with E-state index in [0.29, 0.717) is 5.82 Å². The minimum Gasteiger partial charge on any atom is -1.00 e. The summed E-state index contributed by atoms with van der Waals surface area (Å²) in [5.41, 5.74) is -0.249. The Hall–Kier alpha value is -1.46. The maximum atomic E-state index is 11.4. The Morgan fingerprint density at radius 1 is 1.12 bits per heavy atom. The SMILES string of the molecule is COc1cc(OC)nc(Oc2ccc(N(C)C)nc2C(=O)O)n1.[H-].[K+]. The number of hydrogen-bond acceptors (Lipinski definition) is 8. The van der Waals surface area contributed by atoms with Gasteiger partial charge in [0.05, 0.1) is 20.3 Å². The summed E-state index contributed by atoms with van der Waals surface area (Å²) in [7, 11) is 6.37. The molecule has 24 heavy (non-hydrogen) atoms. The van der Waals surface area contributed by atoms with Gasteiger partial charge >= 0.3 is 63.4 Å². The molecule has 0 unspecified atom stereocenters. The van der Waals surface area contributed by atoms with E-state index in [1.54, 1.807) is 25.1 Å². The number of anilines is 1. The Morgan fingerprint density at radius 3 is 2.17 bits per heavy atom. The standard InChI is InChI=1S/C14H16N4O5.K.H/c1-18(2)9-6-5-8(12(15-9)13(19)20)23-14-16-10(21-3)7-11(17-14)22-4;;/h5-7H,1-4H3,(H,19,20);;/q;+1;-1. The van der Waals surface area contributed by atoms with Crippen LogP contribution in [-0.2, 0) is 0 Å². The van der Waals surface area contributed by atoms with Crippen molar-refractivity contribution in [2.24, 2.45) is 0 Å². The maximum absolute atomic E-state index is 11.4. The van der Waals surface area contributed by atoms with Crippen LogP contribution in [-0.4, -0.2) is 54.3 Å². The van der Waals surface area contributed by atoms with Crippen LogP contribution < -0.4 is 70.5 Å². The second kappa shape index (κ2) is 9.13. The Kier molecular flexibility index (Phi) is 7.83. The van der Waals surface area contributed by atoms with Gasteiger partial charge in [0.2, 0.25) is 11.8 Å². The molecule has 0 saturated heterocycles. The molecule has 0 aliphatic heterocycles. The van der Waals surface area contributed by atoms with E-state index in [1.165, 1.54) is 26.4 Å². The molecule has 9 nitrogen and oxygen atoms in total. The Balaban J connectivity index is 0.00000288. The third-order valence-electron chi connectivity index (χ3n) is 2.78. The molecule has 1 N–H and O–H groups in total. The Bertz CT molecular complexity index is 710. The summed E-state index contributed by atoms with van der Waals surface area (Å²) in [5, 5.41) is 9.30. The summed E-state index contributed by atoms with van der Waals surface area (Å²) in [5.74, 6) is -0.279. The van der Waals surface area contributed by atoms with Crippen LogP contribution in [0, 0.1) is 0 Å². The summed E-state index contributed by atoms with van der Waals surface area (Å²) >= 11 is 0. The predicted molar refractivity (Wildman–Crippen MR) is 81.8 cm³/mol. The maximum Gasteiger partial charge on any atom is 1.00 e. The van der Waals surface area contributed by atoms with E-state index in [1.807, 2.05) is 0 Å². The van der Waals surface area contributed by atoms with Crippen LogP contribution in [0.1, 0.15) is 11.9 Å². The average Bonchev–Trinajstić information content (AvgIpc) is 2.54. The van der Waals surface area contributed by atoms with Crippen LogP contribution in [0.4, 0.5) is 5.82 Å². The summed E-state index contributed by atoms with van der Waals surface area (Å²) in [6.07, 6.45) is 0. The fourth-order valence-electron chi connectivity index (χ4n) is 1.66. The first kappa shape index (κ1) is 20.6. The molecule has 2 aromatic heterocycles. The molecule has 0 spiro atoms. The van der Waals surface area contributed by atoms with Crippen molar-refractivity contribution in [2.75, 3.05) is 33.2 Å². The zero-order valence-corrected chi connectivity index (χ0v) is 17.2. The normalized spacial score (nSPS) is 9.67. The monoisotopic (exact) mass is 360 g/mol. The Labute approximate surface area is 182 Å². The third kappa shape index (κ3) is 5.01. The molecule has 0 amide bonds. The number of methoxy groups -OCH3 is 2. The predicted octanol–water partition coefficient (Wildman–Crippen LogP) is -1.44. The fraction of sp³-hybridized carbons (Fsp3) is 0.286. The van der Waals surface area contributed by atoms with Crippen molar-refractivity contribution < 1.29 is 76.9 Å². The van der Waals surface area contributed by atoms with E-state index >= 15 is 0 Å². The topological polar surface area (TPSA) is 107 Å². The van der Waals surface area contributed by atoms with Gasteiger partial charge in [-0.2, -0.15) is 9.97 Å². The van der Waals surface area contributed by atoms with Gasteiger partial charge in [0.15, 0.2) is 11.4 Å². The van der Waals surface area contributed by atoms with Crippen LogP contribution in [0.25, 0.3) is 0 Å². The number of carbonyl (C=O) groups is 1. The molecule has 0 saturated carbocycles. The van der Waals surface area contributed by atoms with Crippen LogP contribution in [0.2, 0.25) is 0 Å². The van der Waals surface area contributed by atoms with Crippen molar-refractivity contribution in [3.05, 3.63) is 23.9 Å². The van der Waals surface area contributed by atoms with Crippen molar-refractivity contribution in [3.63, 3.8) is 0 Å². The minimum atomic E-state index is -1.22. The summed E-state index contributed by atoms with van der Waals surface area (Å²) < 4.78 is 15.5. The number of carboxylic acids is 1. The molecule has 0 radical (unpaired) electrons. The smallest absolute Gasteiger partial charge is 1.00 e. The third-order valence-corrected chi connectivity index (χ3v) is 2.78. The zero-order chi connectivity index (χ0) is 17.0. The average molecular weight is 360 g/mol. The first-order chi connectivity index (χ1) is 10.9. The van der Waals surface area contributed by atoms with Crippen LogP contribution >= 0.6 is 0 Å². The fourth-order valence-corrected chi connectivity index (χ4v) is 1.66. The van der Waals surface area contributed by atoms with Gasteiger partial charge in [0.25, 0.3) is 0 Å². The molecule has 124 valence electrons. The second-order valence-electron chi connectivity index (χ2n) is 4.55. The molecule has 0 fully saturated rings. The summed E-state index contributed by atoms with van der Waals surface area (Å²) in [6.45, 7) is 0. The summed E-state index contributed by atoms with van der Waals surface area (Å²) in [6, 6.07) is 4.47.